The molecule has 1 saturated heterocycles. The van der Waals surface area contributed by atoms with Gasteiger partial charge in [-0.25, -0.2) is 0 Å². The first-order chi connectivity index (χ1) is 13.4. The highest BCUT2D eigenvalue weighted by atomic mass is 16.5. The molecule has 170 valence electrons. The molecule has 1 aliphatic heterocycles. The van der Waals surface area contributed by atoms with E-state index in [-0.39, 0.29) is 39.9 Å². The third-order valence-electron chi connectivity index (χ3n) is 6.10. The maximum Gasteiger partial charge on any atom is 0.306 e. The van der Waals surface area contributed by atoms with Gasteiger partial charge < -0.3 is 15.2 Å². The average molecular weight is 418 g/mol. The highest BCUT2D eigenvalue weighted by molar-refractivity contribution is 5.71. The zero-order valence-corrected chi connectivity index (χ0v) is 20.8. The fourth-order valence-electron chi connectivity index (χ4n) is 5.01. The average Bonchev–Trinajstić information content (AvgIpc) is 2.48. The third kappa shape index (κ3) is 6.47. The van der Waals surface area contributed by atoms with Crippen LogP contribution in [-0.4, -0.2) is 28.3 Å². The molecule has 0 aliphatic carbocycles. The second kappa shape index (κ2) is 8.18. The van der Waals surface area contributed by atoms with E-state index in [1.54, 1.807) is 6.07 Å². The van der Waals surface area contributed by atoms with Crippen LogP contribution in [0.25, 0.3) is 0 Å². The van der Waals surface area contributed by atoms with E-state index in [0.717, 1.165) is 24.0 Å². The molecule has 1 aliphatic rings. The first-order valence-corrected chi connectivity index (χ1v) is 11.2. The Kier molecular flexibility index (Phi) is 6.74. The Labute approximate surface area is 183 Å². The second-order valence-electron chi connectivity index (χ2n) is 12.6. The number of piperidine rings is 1. The molecule has 0 radical (unpaired) electrons. The molecule has 4 heteroatoms. The molecule has 1 unspecified atom stereocenters. The number of hydrogen-bond donors (Lipinski definition) is 2. The van der Waals surface area contributed by atoms with E-state index >= 15 is 0 Å². The van der Waals surface area contributed by atoms with Crippen molar-refractivity contribution < 1.29 is 14.6 Å². The Balaban J connectivity index is 2.23. The highest BCUT2D eigenvalue weighted by Gasteiger charge is 2.40. The molecule has 0 spiro atoms. The van der Waals surface area contributed by atoms with Crippen LogP contribution >= 0.6 is 0 Å². The van der Waals surface area contributed by atoms with Gasteiger partial charge in [-0.05, 0) is 61.6 Å². The lowest BCUT2D eigenvalue weighted by atomic mass is 9.73. The molecular weight excluding hydrogens is 374 g/mol. The van der Waals surface area contributed by atoms with Crippen molar-refractivity contribution in [2.45, 2.75) is 117 Å². The Morgan fingerprint density at radius 3 is 2.10 bits per heavy atom. The largest absolute Gasteiger partial charge is 0.508 e. The van der Waals surface area contributed by atoms with Crippen LogP contribution in [0.5, 0.6) is 5.75 Å². The lowest BCUT2D eigenvalue weighted by Crippen LogP contribution is -2.59. The summed E-state index contributed by atoms with van der Waals surface area (Å²) in [6.45, 7) is 21.4. The van der Waals surface area contributed by atoms with Crippen molar-refractivity contribution in [1.82, 2.24) is 5.32 Å². The molecule has 0 bridgehead atoms. The van der Waals surface area contributed by atoms with Crippen molar-refractivity contribution in [3.8, 4) is 5.75 Å². The van der Waals surface area contributed by atoms with Crippen LogP contribution < -0.4 is 5.32 Å². The predicted octanol–water partition coefficient (Wildman–Crippen LogP) is 6.06. The van der Waals surface area contributed by atoms with Crippen molar-refractivity contribution in [3.63, 3.8) is 0 Å². The molecule has 0 saturated carbocycles. The quantitative estimate of drug-likeness (QED) is 0.584. The minimum Gasteiger partial charge on any atom is -0.508 e. The Bertz CT molecular complexity index is 749. The van der Waals surface area contributed by atoms with Crippen LogP contribution in [0.1, 0.15) is 106 Å². The van der Waals surface area contributed by atoms with Crippen LogP contribution in [0.4, 0.5) is 0 Å². The predicted molar refractivity (Wildman–Crippen MR) is 124 cm³/mol. The zero-order chi connectivity index (χ0) is 23.1. The van der Waals surface area contributed by atoms with E-state index < -0.39 is 0 Å². The first kappa shape index (κ1) is 24.7. The number of benzene rings is 1. The molecule has 1 fully saturated rings. The SMILES string of the molecule is CC1(C)CC(OC(=O)CC(c2ccc(O)c(C(C)(C)C)c2)C(C)(C)C)CC(C)(C)N1. The molecule has 0 aromatic heterocycles. The van der Waals surface area contributed by atoms with E-state index in [2.05, 4.69) is 80.6 Å². The summed E-state index contributed by atoms with van der Waals surface area (Å²) >= 11 is 0. The molecule has 4 nitrogen and oxygen atoms in total. The number of aromatic hydroxyl groups is 1. The van der Waals surface area contributed by atoms with Gasteiger partial charge >= 0.3 is 5.97 Å². The number of phenolic OH excluding ortho intramolecular Hbond substituents is 1. The molecular formula is C26H43NO3. The number of carbonyl (C=O) groups excluding carboxylic acids is 1. The van der Waals surface area contributed by atoms with E-state index in [9.17, 15) is 9.90 Å². The maximum atomic E-state index is 13.0. The van der Waals surface area contributed by atoms with Gasteiger partial charge in [0.25, 0.3) is 0 Å². The minimum atomic E-state index is -0.171. The molecule has 1 aromatic rings. The summed E-state index contributed by atoms with van der Waals surface area (Å²) in [7, 11) is 0. The Hall–Kier alpha value is -1.55. The van der Waals surface area contributed by atoms with Crippen molar-refractivity contribution in [3.05, 3.63) is 29.3 Å². The smallest absolute Gasteiger partial charge is 0.306 e. The van der Waals surface area contributed by atoms with Gasteiger partial charge in [0.2, 0.25) is 0 Å². The Morgan fingerprint density at radius 1 is 1.10 bits per heavy atom. The third-order valence-corrected chi connectivity index (χ3v) is 6.10. The lowest BCUT2D eigenvalue weighted by molar-refractivity contribution is -0.154. The normalized spacial score (nSPS) is 20.6. The van der Waals surface area contributed by atoms with Gasteiger partial charge in [-0.15, -0.1) is 0 Å². The van der Waals surface area contributed by atoms with Crippen LogP contribution in [0.3, 0.4) is 0 Å². The maximum absolute atomic E-state index is 13.0. The van der Waals surface area contributed by atoms with Crippen LogP contribution in [0.15, 0.2) is 18.2 Å². The second-order valence-corrected chi connectivity index (χ2v) is 12.6. The van der Waals surface area contributed by atoms with Gasteiger partial charge in [-0.1, -0.05) is 53.7 Å². The van der Waals surface area contributed by atoms with E-state index in [0.29, 0.717) is 12.2 Å². The molecule has 30 heavy (non-hydrogen) atoms. The first-order valence-electron chi connectivity index (χ1n) is 11.2. The Morgan fingerprint density at radius 2 is 1.63 bits per heavy atom. The number of ether oxygens (including phenoxy) is 1. The van der Waals surface area contributed by atoms with Gasteiger partial charge in [0.1, 0.15) is 11.9 Å². The number of esters is 1. The van der Waals surface area contributed by atoms with E-state index in [4.69, 9.17) is 4.74 Å². The summed E-state index contributed by atoms with van der Waals surface area (Å²) in [4.78, 5) is 13.0. The summed E-state index contributed by atoms with van der Waals surface area (Å²) in [6, 6.07) is 5.78. The van der Waals surface area contributed by atoms with Gasteiger partial charge in [-0.3, -0.25) is 4.79 Å². The molecule has 2 N–H and O–H groups in total. The number of nitrogens with one attached hydrogen (secondary N) is 1. The number of hydrogen-bond acceptors (Lipinski definition) is 4. The van der Waals surface area contributed by atoms with Crippen LogP contribution in [-0.2, 0) is 14.9 Å². The number of rotatable bonds is 4. The highest BCUT2D eigenvalue weighted by Crippen LogP contribution is 2.41. The fraction of sp³-hybridized carbons (Fsp3) is 0.731. The van der Waals surface area contributed by atoms with Gasteiger partial charge in [0.05, 0.1) is 6.42 Å². The van der Waals surface area contributed by atoms with Crippen LogP contribution in [0.2, 0.25) is 0 Å². The van der Waals surface area contributed by atoms with Crippen molar-refractivity contribution in [2.75, 3.05) is 0 Å². The van der Waals surface area contributed by atoms with E-state index in [1.807, 2.05) is 6.07 Å². The molecule has 1 aromatic carbocycles. The van der Waals surface area contributed by atoms with Crippen molar-refractivity contribution in [1.29, 1.82) is 0 Å². The van der Waals surface area contributed by atoms with Gasteiger partial charge in [0.15, 0.2) is 0 Å². The fourth-order valence-corrected chi connectivity index (χ4v) is 5.01. The van der Waals surface area contributed by atoms with Crippen molar-refractivity contribution in [2.24, 2.45) is 5.41 Å². The molecule has 2 rings (SSSR count). The summed E-state index contributed by atoms with van der Waals surface area (Å²) in [5.41, 5.74) is 1.58. The van der Waals surface area contributed by atoms with E-state index in [1.165, 1.54) is 0 Å². The minimum absolute atomic E-state index is 0.00874. The van der Waals surface area contributed by atoms with Crippen LogP contribution in [0, 0.1) is 5.41 Å². The molecule has 1 heterocycles. The van der Waals surface area contributed by atoms with Gasteiger partial charge in [0, 0.05) is 23.9 Å². The lowest BCUT2D eigenvalue weighted by Gasteiger charge is -2.46. The summed E-state index contributed by atoms with van der Waals surface area (Å²) < 4.78 is 6.00. The standard InChI is InChI=1S/C26H43NO3/c1-23(2,3)19(17-11-12-21(28)20(13-17)24(4,5)6)14-22(29)30-18-15-25(7,8)27-26(9,10)16-18/h11-13,18-19,27-28H,14-16H2,1-10H3. The zero-order valence-electron chi connectivity index (χ0n) is 20.8. The summed E-state index contributed by atoms with van der Waals surface area (Å²) in [5, 5.41) is 14.0. The molecule has 0 amide bonds. The molecule has 1 atom stereocenters. The topological polar surface area (TPSA) is 58.6 Å². The number of phenols is 1. The summed E-state index contributed by atoms with van der Waals surface area (Å²) in [5.74, 6) is 0.175. The summed E-state index contributed by atoms with van der Waals surface area (Å²) in [6.07, 6.45) is 1.89. The monoisotopic (exact) mass is 417 g/mol. The van der Waals surface area contributed by atoms with Crippen molar-refractivity contribution >= 4 is 5.97 Å². The number of carbonyl (C=O) groups is 1. The van der Waals surface area contributed by atoms with Gasteiger partial charge in [-0.2, -0.15) is 0 Å².